The standard InChI is InChI=1S/C15H26BrN3O/c1-6-13(7-2)19(9-8-16)15-17-12(5)10-14(18-15)20-11(3)4/h10-11,13H,6-9H2,1-5H3. The highest BCUT2D eigenvalue weighted by Crippen LogP contribution is 2.21. The van der Waals surface area contributed by atoms with Crippen molar-refractivity contribution in [3.63, 3.8) is 0 Å². The second-order valence-corrected chi connectivity index (χ2v) is 5.96. The Morgan fingerprint density at radius 2 is 1.90 bits per heavy atom. The van der Waals surface area contributed by atoms with Gasteiger partial charge in [0, 0.05) is 29.7 Å². The predicted molar refractivity (Wildman–Crippen MR) is 88.0 cm³/mol. The van der Waals surface area contributed by atoms with Gasteiger partial charge in [0.2, 0.25) is 11.8 Å². The molecule has 0 amide bonds. The molecule has 0 aromatic carbocycles. The van der Waals surface area contributed by atoms with Gasteiger partial charge in [0.25, 0.3) is 0 Å². The minimum Gasteiger partial charge on any atom is -0.475 e. The Balaban J connectivity index is 3.08. The summed E-state index contributed by atoms with van der Waals surface area (Å²) in [6, 6.07) is 2.35. The number of halogens is 1. The maximum atomic E-state index is 5.72. The molecule has 0 spiro atoms. The molecular formula is C15H26BrN3O. The van der Waals surface area contributed by atoms with E-state index in [0.717, 1.165) is 36.4 Å². The summed E-state index contributed by atoms with van der Waals surface area (Å²) in [5.74, 6) is 1.43. The van der Waals surface area contributed by atoms with Crippen molar-refractivity contribution in [2.75, 3.05) is 16.8 Å². The van der Waals surface area contributed by atoms with E-state index in [2.05, 4.69) is 44.6 Å². The highest BCUT2D eigenvalue weighted by Gasteiger charge is 2.19. The normalized spacial score (nSPS) is 11.2. The summed E-state index contributed by atoms with van der Waals surface area (Å²) in [5.41, 5.74) is 0.941. The van der Waals surface area contributed by atoms with Crippen LogP contribution in [0.2, 0.25) is 0 Å². The lowest BCUT2D eigenvalue weighted by molar-refractivity contribution is 0.232. The smallest absolute Gasteiger partial charge is 0.229 e. The molecule has 0 aliphatic heterocycles. The van der Waals surface area contributed by atoms with Gasteiger partial charge >= 0.3 is 0 Å². The minimum absolute atomic E-state index is 0.120. The molecule has 1 heterocycles. The van der Waals surface area contributed by atoms with Crippen LogP contribution in [0.4, 0.5) is 5.95 Å². The molecule has 1 aromatic heterocycles. The zero-order valence-electron chi connectivity index (χ0n) is 13.2. The molecule has 0 saturated heterocycles. The maximum Gasteiger partial charge on any atom is 0.229 e. The van der Waals surface area contributed by atoms with Gasteiger partial charge < -0.3 is 9.64 Å². The van der Waals surface area contributed by atoms with Crippen molar-refractivity contribution in [2.45, 2.75) is 59.6 Å². The summed E-state index contributed by atoms with van der Waals surface area (Å²) in [5, 5.41) is 0.904. The summed E-state index contributed by atoms with van der Waals surface area (Å²) in [7, 11) is 0. The van der Waals surface area contributed by atoms with Gasteiger partial charge in [-0.1, -0.05) is 29.8 Å². The lowest BCUT2D eigenvalue weighted by atomic mass is 10.1. The van der Waals surface area contributed by atoms with E-state index in [1.807, 2.05) is 26.8 Å². The summed E-state index contributed by atoms with van der Waals surface area (Å²) in [6.45, 7) is 11.3. The van der Waals surface area contributed by atoms with E-state index in [1.54, 1.807) is 0 Å². The lowest BCUT2D eigenvalue weighted by Crippen LogP contribution is -2.37. The molecular weight excluding hydrogens is 318 g/mol. The summed E-state index contributed by atoms with van der Waals surface area (Å²) < 4.78 is 5.72. The molecule has 5 heteroatoms. The van der Waals surface area contributed by atoms with Crippen LogP contribution in [0.1, 0.15) is 46.2 Å². The van der Waals surface area contributed by atoms with E-state index < -0.39 is 0 Å². The average Bonchev–Trinajstić information content (AvgIpc) is 2.37. The number of nitrogens with zero attached hydrogens (tertiary/aromatic N) is 3. The van der Waals surface area contributed by atoms with Crippen molar-refractivity contribution in [1.29, 1.82) is 0 Å². The third-order valence-corrected chi connectivity index (χ3v) is 3.50. The van der Waals surface area contributed by atoms with Crippen LogP contribution in [0.5, 0.6) is 5.88 Å². The molecule has 1 rings (SSSR count). The number of hydrogen-bond donors (Lipinski definition) is 0. The highest BCUT2D eigenvalue weighted by atomic mass is 79.9. The van der Waals surface area contributed by atoms with Gasteiger partial charge in [0.15, 0.2) is 0 Å². The van der Waals surface area contributed by atoms with E-state index >= 15 is 0 Å². The molecule has 4 nitrogen and oxygen atoms in total. The van der Waals surface area contributed by atoms with Crippen LogP contribution in [0.25, 0.3) is 0 Å². The average molecular weight is 344 g/mol. The minimum atomic E-state index is 0.120. The first-order chi connectivity index (χ1) is 9.51. The fourth-order valence-corrected chi connectivity index (χ4v) is 2.60. The van der Waals surface area contributed by atoms with E-state index in [9.17, 15) is 0 Å². The Hall–Kier alpha value is -0.840. The lowest BCUT2D eigenvalue weighted by Gasteiger charge is -2.30. The van der Waals surface area contributed by atoms with Crippen molar-refractivity contribution >= 4 is 21.9 Å². The fraction of sp³-hybridized carbons (Fsp3) is 0.733. The third kappa shape index (κ3) is 4.93. The van der Waals surface area contributed by atoms with Gasteiger partial charge in [-0.05, 0) is 33.6 Å². The second-order valence-electron chi connectivity index (χ2n) is 5.17. The Kier molecular flexibility index (Phi) is 7.27. The topological polar surface area (TPSA) is 38.2 Å². The van der Waals surface area contributed by atoms with E-state index in [4.69, 9.17) is 4.74 Å². The molecule has 0 fully saturated rings. The first kappa shape index (κ1) is 17.2. The molecule has 114 valence electrons. The van der Waals surface area contributed by atoms with Crippen molar-refractivity contribution < 1.29 is 4.74 Å². The fourth-order valence-electron chi connectivity index (χ4n) is 2.22. The van der Waals surface area contributed by atoms with E-state index in [1.165, 1.54) is 0 Å². The molecule has 1 aromatic rings. The molecule has 0 aliphatic rings. The van der Waals surface area contributed by atoms with Crippen LogP contribution in [0, 0.1) is 6.92 Å². The molecule has 0 atom stereocenters. The summed E-state index contributed by atoms with van der Waals surface area (Å²) in [4.78, 5) is 11.4. The Morgan fingerprint density at radius 1 is 1.25 bits per heavy atom. The van der Waals surface area contributed by atoms with Gasteiger partial charge in [-0.25, -0.2) is 4.98 Å². The van der Waals surface area contributed by atoms with Gasteiger partial charge in [-0.3, -0.25) is 0 Å². The third-order valence-electron chi connectivity index (χ3n) is 3.14. The van der Waals surface area contributed by atoms with Crippen LogP contribution in [-0.2, 0) is 0 Å². The Morgan fingerprint density at radius 3 is 2.40 bits per heavy atom. The summed E-state index contributed by atoms with van der Waals surface area (Å²) >= 11 is 3.52. The van der Waals surface area contributed by atoms with Crippen LogP contribution in [0.15, 0.2) is 6.07 Å². The molecule has 20 heavy (non-hydrogen) atoms. The molecule has 0 aliphatic carbocycles. The maximum absolute atomic E-state index is 5.72. The van der Waals surface area contributed by atoms with Crippen molar-refractivity contribution in [1.82, 2.24) is 9.97 Å². The molecule has 0 saturated carbocycles. The largest absolute Gasteiger partial charge is 0.475 e. The molecule has 0 N–H and O–H groups in total. The number of rotatable bonds is 8. The van der Waals surface area contributed by atoms with E-state index in [-0.39, 0.29) is 6.10 Å². The van der Waals surface area contributed by atoms with Gasteiger partial charge in [-0.15, -0.1) is 0 Å². The van der Waals surface area contributed by atoms with Gasteiger partial charge in [-0.2, -0.15) is 4.98 Å². The monoisotopic (exact) mass is 343 g/mol. The van der Waals surface area contributed by atoms with Gasteiger partial charge in [0.05, 0.1) is 6.10 Å². The Labute approximate surface area is 131 Å². The molecule has 0 radical (unpaired) electrons. The number of aryl methyl sites for hydroxylation is 1. The zero-order valence-corrected chi connectivity index (χ0v) is 14.8. The summed E-state index contributed by atoms with van der Waals surface area (Å²) in [6.07, 6.45) is 2.29. The SMILES string of the molecule is CCC(CC)N(CCBr)c1nc(C)cc(OC(C)C)n1. The van der Waals surface area contributed by atoms with Crippen LogP contribution >= 0.6 is 15.9 Å². The number of hydrogen-bond acceptors (Lipinski definition) is 4. The van der Waals surface area contributed by atoms with Gasteiger partial charge in [0.1, 0.15) is 0 Å². The highest BCUT2D eigenvalue weighted by molar-refractivity contribution is 9.09. The van der Waals surface area contributed by atoms with Crippen LogP contribution in [-0.4, -0.2) is 34.0 Å². The van der Waals surface area contributed by atoms with Crippen LogP contribution < -0.4 is 9.64 Å². The second kappa shape index (κ2) is 8.45. The quantitative estimate of drug-likeness (QED) is 0.669. The van der Waals surface area contributed by atoms with Crippen molar-refractivity contribution in [2.24, 2.45) is 0 Å². The Bertz CT molecular complexity index is 408. The first-order valence-electron chi connectivity index (χ1n) is 7.36. The van der Waals surface area contributed by atoms with E-state index in [0.29, 0.717) is 11.9 Å². The zero-order chi connectivity index (χ0) is 15.1. The van der Waals surface area contributed by atoms with Crippen molar-refractivity contribution in [3.8, 4) is 5.88 Å². The predicted octanol–water partition coefficient (Wildman–Crippen LogP) is 3.96. The molecule has 0 bridgehead atoms. The number of ether oxygens (including phenoxy) is 1. The number of alkyl halides is 1. The van der Waals surface area contributed by atoms with Crippen molar-refractivity contribution in [3.05, 3.63) is 11.8 Å². The van der Waals surface area contributed by atoms with Crippen LogP contribution in [0.3, 0.4) is 0 Å². The number of anilines is 1. The number of aromatic nitrogens is 2. The first-order valence-corrected chi connectivity index (χ1v) is 8.48. The molecule has 0 unspecified atom stereocenters.